The second-order valence-electron chi connectivity index (χ2n) is 5.39. The molecular formula is C19H19N3O3. The van der Waals surface area contributed by atoms with Crippen molar-refractivity contribution in [2.24, 2.45) is 0 Å². The van der Waals surface area contributed by atoms with Crippen LogP contribution in [0.15, 0.2) is 65.4 Å². The summed E-state index contributed by atoms with van der Waals surface area (Å²) in [6.07, 6.45) is 4.01. The number of benzene rings is 1. The van der Waals surface area contributed by atoms with Gasteiger partial charge in [-0.25, -0.2) is 4.98 Å². The third-order valence-electron chi connectivity index (χ3n) is 3.63. The minimum atomic E-state index is -0.323. The Morgan fingerprint density at radius 1 is 1.20 bits per heavy atom. The molecule has 128 valence electrons. The molecule has 0 saturated heterocycles. The Kier molecular flexibility index (Phi) is 5.31. The molecule has 0 radical (unpaired) electrons. The number of rotatable bonds is 7. The zero-order valence-corrected chi connectivity index (χ0v) is 13.9. The van der Waals surface area contributed by atoms with Crippen molar-refractivity contribution in [1.82, 2.24) is 4.98 Å². The van der Waals surface area contributed by atoms with Gasteiger partial charge in [-0.15, -0.1) is 0 Å². The van der Waals surface area contributed by atoms with Gasteiger partial charge in [0.15, 0.2) is 5.76 Å². The Morgan fingerprint density at radius 2 is 2.12 bits per heavy atom. The number of carbonyl (C=O) groups is 1. The van der Waals surface area contributed by atoms with E-state index in [0.29, 0.717) is 5.82 Å². The van der Waals surface area contributed by atoms with Crippen molar-refractivity contribution in [2.45, 2.75) is 6.42 Å². The smallest absolute Gasteiger partial charge is 0.292 e. The molecule has 1 aromatic carbocycles. The summed E-state index contributed by atoms with van der Waals surface area (Å²) < 4.78 is 10.3. The molecule has 2 N–H and O–H groups in total. The number of hydrogen-bond acceptors (Lipinski definition) is 5. The van der Waals surface area contributed by atoms with Crippen LogP contribution in [0.4, 0.5) is 11.5 Å². The van der Waals surface area contributed by atoms with Crippen molar-refractivity contribution in [3.63, 3.8) is 0 Å². The summed E-state index contributed by atoms with van der Waals surface area (Å²) in [7, 11) is 1.66. The van der Waals surface area contributed by atoms with Crippen molar-refractivity contribution in [2.75, 3.05) is 24.3 Å². The number of furan rings is 1. The highest BCUT2D eigenvalue weighted by atomic mass is 16.5. The van der Waals surface area contributed by atoms with Crippen molar-refractivity contribution < 1.29 is 13.9 Å². The van der Waals surface area contributed by atoms with Crippen molar-refractivity contribution in [1.29, 1.82) is 0 Å². The summed E-state index contributed by atoms with van der Waals surface area (Å²) in [6, 6.07) is 14.9. The van der Waals surface area contributed by atoms with E-state index >= 15 is 0 Å². The largest absolute Gasteiger partial charge is 0.497 e. The summed E-state index contributed by atoms with van der Waals surface area (Å²) in [5.74, 6) is 1.26. The van der Waals surface area contributed by atoms with Crippen LogP contribution < -0.4 is 15.4 Å². The number of nitrogens with one attached hydrogen (secondary N) is 2. The lowest BCUT2D eigenvalue weighted by atomic mass is 10.1. The summed E-state index contributed by atoms with van der Waals surface area (Å²) >= 11 is 0. The number of nitrogens with zero attached hydrogens (tertiary/aromatic N) is 1. The minimum absolute atomic E-state index is 0.252. The highest BCUT2D eigenvalue weighted by molar-refractivity contribution is 6.01. The molecule has 2 aromatic heterocycles. The zero-order chi connectivity index (χ0) is 17.5. The molecule has 25 heavy (non-hydrogen) atoms. The van der Waals surface area contributed by atoms with Crippen LogP contribution in [0.1, 0.15) is 16.1 Å². The Balaban J connectivity index is 1.49. The van der Waals surface area contributed by atoms with E-state index in [1.165, 1.54) is 11.8 Å². The van der Waals surface area contributed by atoms with Crippen LogP contribution in [-0.4, -0.2) is 24.5 Å². The van der Waals surface area contributed by atoms with Gasteiger partial charge < -0.3 is 19.8 Å². The molecular weight excluding hydrogens is 318 g/mol. The number of methoxy groups -OCH3 is 1. The van der Waals surface area contributed by atoms with Crippen molar-refractivity contribution in [3.8, 4) is 5.75 Å². The highest BCUT2D eigenvalue weighted by Crippen LogP contribution is 2.14. The molecule has 3 rings (SSSR count). The van der Waals surface area contributed by atoms with E-state index in [4.69, 9.17) is 9.15 Å². The number of aromatic nitrogens is 1. The molecule has 0 spiro atoms. The first-order valence-corrected chi connectivity index (χ1v) is 7.92. The fourth-order valence-corrected chi connectivity index (χ4v) is 2.34. The maximum Gasteiger partial charge on any atom is 0.292 e. The van der Waals surface area contributed by atoms with Crippen molar-refractivity contribution >= 4 is 17.4 Å². The lowest BCUT2D eigenvalue weighted by Gasteiger charge is -2.08. The van der Waals surface area contributed by atoms with Crippen LogP contribution in [0, 0.1) is 0 Å². The summed E-state index contributed by atoms with van der Waals surface area (Å²) in [4.78, 5) is 16.1. The third kappa shape index (κ3) is 4.60. The quantitative estimate of drug-likeness (QED) is 0.689. The van der Waals surface area contributed by atoms with Gasteiger partial charge in [0.2, 0.25) is 0 Å². The second-order valence-corrected chi connectivity index (χ2v) is 5.39. The van der Waals surface area contributed by atoms with Crippen LogP contribution >= 0.6 is 0 Å². The first kappa shape index (κ1) is 16.6. The highest BCUT2D eigenvalue weighted by Gasteiger charge is 2.09. The molecule has 0 aliphatic heterocycles. The van der Waals surface area contributed by atoms with Crippen molar-refractivity contribution in [3.05, 3.63) is 72.3 Å². The Labute approximate surface area is 145 Å². The van der Waals surface area contributed by atoms with Crippen LogP contribution in [0.2, 0.25) is 0 Å². The molecule has 0 atom stereocenters. The van der Waals surface area contributed by atoms with E-state index in [1.807, 2.05) is 24.3 Å². The Morgan fingerprint density at radius 3 is 2.84 bits per heavy atom. The van der Waals surface area contributed by atoms with E-state index in [2.05, 4.69) is 21.7 Å². The van der Waals surface area contributed by atoms with Gasteiger partial charge in [0.25, 0.3) is 5.91 Å². The molecule has 0 bridgehead atoms. The molecule has 0 saturated carbocycles. The maximum absolute atomic E-state index is 11.9. The van der Waals surface area contributed by atoms with Gasteiger partial charge in [-0.3, -0.25) is 4.79 Å². The molecule has 0 fully saturated rings. The number of pyridine rings is 1. The molecule has 6 nitrogen and oxygen atoms in total. The number of ether oxygens (including phenoxy) is 1. The minimum Gasteiger partial charge on any atom is -0.497 e. The Bertz CT molecular complexity index is 814. The molecule has 0 aliphatic rings. The molecule has 0 aliphatic carbocycles. The average molecular weight is 337 g/mol. The predicted molar refractivity (Wildman–Crippen MR) is 96.1 cm³/mol. The van der Waals surface area contributed by atoms with Gasteiger partial charge in [0.1, 0.15) is 11.6 Å². The van der Waals surface area contributed by atoms with E-state index in [0.717, 1.165) is 24.4 Å². The van der Waals surface area contributed by atoms with Crippen LogP contribution in [0.3, 0.4) is 0 Å². The first-order chi connectivity index (χ1) is 12.2. The fraction of sp³-hybridized carbons (Fsp3) is 0.158. The fourth-order valence-electron chi connectivity index (χ4n) is 2.34. The van der Waals surface area contributed by atoms with Gasteiger partial charge in [0.05, 0.1) is 25.3 Å². The molecule has 3 aromatic rings. The Hall–Kier alpha value is -3.28. The van der Waals surface area contributed by atoms with E-state index in [9.17, 15) is 4.79 Å². The average Bonchev–Trinajstić information content (AvgIpc) is 3.18. The number of carbonyl (C=O) groups excluding carboxylic acids is 1. The van der Waals surface area contributed by atoms with E-state index < -0.39 is 0 Å². The number of anilines is 2. The third-order valence-corrected chi connectivity index (χ3v) is 3.63. The van der Waals surface area contributed by atoms with E-state index in [1.54, 1.807) is 31.5 Å². The lowest BCUT2D eigenvalue weighted by Crippen LogP contribution is -2.12. The maximum atomic E-state index is 11.9. The topological polar surface area (TPSA) is 76.4 Å². The molecule has 6 heteroatoms. The van der Waals surface area contributed by atoms with Gasteiger partial charge in [-0.2, -0.15) is 0 Å². The standard InChI is InChI=1S/C19H19N3O3/c1-24-16-5-2-4-14(12-16)9-10-20-15-7-8-18(21-13-15)22-19(23)17-6-3-11-25-17/h2-8,11-13,20H,9-10H2,1H3,(H,21,22,23). The van der Waals surface area contributed by atoms with Crippen LogP contribution in [-0.2, 0) is 6.42 Å². The molecule has 0 unspecified atom stereocenters. The zero-order valence-electron chi connectivity index (χ0n) is 13.9. The summed E-state index contributed by atoms with van der Waals surface area (Å²) in [5, 5.41) is 5.98. The first-order valence-electron chi connectivity index (χ1n) is 7.92. The van der Waals surface area contributed by atoms with Gasteiger partial charge in [-0.05, 0) is 48.4 Å². The number of amides is 1. The second kappa shape index (κ2) is 8.01. The lowest BCUT2D eigenvalue weighted by molar-refractivity contribution is 0.0996. The summed E-state index contributed by atoms with van der Waals surface area (Å²) in [5.41, 5.74) is 2.08. The van der Waals surface area contributed by atoms with E-state index in [-0.39, 0.29) is 11.7 Å². The molecule has 2 heterocycles. The van der Waals surface area contributed by atoms with Gasteiger partial charge in [0, 0.05) is 6.54 Å². The monoisotopic (exact) mass is 337 g/mol. The van der Waals surface area contributed by atoms with Gasteiger partial charge >= 0.3 is 0 Å². The predicted octanol–water partition coefficient (Wildman–Crippen LogP) is 3.59. The SMILES string of the molecule is COc1cccc(CCNc2ccc(NC(=O)c3ccco3)nc2)c1. The summed E-state index contributed by atoms with van der Waals surface area (Å²) in [6.45, 7) is 0.771. The van der Waals surface area contributed by atoms with Crippen LogP contribution in [0.5, 0.6) is 5.75 Å². The normalized spacial score (nSPS) is 10.3. The van der Waals surface area contributed by atoms with Crippen LogP contribution in [0.25, 0.3) is 0 Å². The molecule has 1 amide bonds. The van der Waals surface area contributed by atoms with Gasteiger partial charge in [-0.1, -0.05) is 12.1 Å². The number of hydrogen-bond donors (Lipinski definition) is 2.